The lowest BCUT2D eigenvalue weighted by atomic mass is 10.0. The fraction of sp³-hybridized carbons (Fsp3) is 0.367. The number of thiazole rings is 2. The van der Waals surface area contributed by atoms with E-state index in [1.807, 2.05) is 67.6 Å². The highest BCUT2D eigenvalue weighted by Gasteiger charge is 2.24. The zero-order valence-electron chi connectivity index (χ0n) is 51.0. The van der Waals surface area contributed by atoms with Crippen molar-refractivity contribution in [2.45, 2.75) is 60.3 Å². The topological polar surface area (TPSA) is 310 Å². The van der Waals surface area contributed by atoms with Crippen LogP contribution in [-0.2, 0) is 18.9 Å². The molecule has 6 aromatic heterocycles. The van der Waals surface area contributed by atoms with E-state index >= 15 is 0 Å². The Kier molecular flexibility index (Phi) is 23.7. The van der Waals surface area contributed by atoms with Crippen LogP contribution in [0.3, 0.4) is 0 Å². The second-order valence-electron chi connectivity index (χ2n) is 20.0. The van der Waals surface area contributed by atoms with Crippen molar-refractivity contribution in [3.8, 4) is 22.4 Å². The van der Waals surface area contributed by atoms with Gasteiger partial charge in [0.05, 0.1) is 22.6 Å². The summed E-state index contributed by atoms with van der Waals surface area (Å²) in [6, 6.07) is 22.6. The molecular weight excluding hydrogens is 1160 g/mol. The van der Waals surface area contributed by atoms with E-state index in [1.165, 1.54) is 32.9 Å². The summed E-state index contributed by atoms with van der Waals surface area (Å²) in [5.41, 5.74) is 9.59. The lowest BCUT2D eigenvalue weighted by Crippen LogP contribution is -2.18. The Balaban J connectivity index is 0.000000230. The number of fused-ring (bicyclic) bond motifs is 1. The van der Waals surface area contributed by atoms with Gasteiger partial charge in [0.25, 0.3) is 0 Å². The number of azo groups is 2. The fourth-order valence-electron chi connectivity index (χ4n) is 9.09. The summed E-state index contributed by atoms with van der Waals surface area (Å²) in [6.45, 7) is 15.1. The van der Waals surface area contributed by atoms with Crippen molar-refractivity contribution in [2.24, 2.45) is 20.5 Å². The number of anilines is 8. The molecule has 5 N–H and O–H groups in total. The van der Waals surface area contributed by atoms with E-state index in [9.17, 15) is 10.5 Å². The summed E-state index contributed by atoms with van der Waals surface area (Å²) >= 11 is 2.88. The fourth-order valence-corrected chi connectivity index (χ4v) is 10.6. The quantitative estimate of drug-likeness (QED) is 0.0206. The third kappa shape index (κ3) is 17.2. The van der Waals surface area contributed by atoms with Crippen LogP contribution in [0.25, 0.3) is 20.5 Å². The minimum atomic E-state index is 0.160. The molecule has 0 amide bonds. The molecule has 9 aromatic rings. The summed E-state index contributed by atoms with van der Waals surface area (Å²) in [5, 5.41) is 66.6. The summed E-state index contributed by atoms with van der Waals surface area (Å²) in [4.78, 5) is 30.1. The van der Waals surface area contributed by atoms with Gasteiger partial charge in [0.15, 0.2) is 34.6 Å². The van der Waals surface area contributed by atoms with Crippen LogP contribution in [0.15, 0.2) is 99.0 Å². The van der Waals surface area contributed by atoms with Crippen molar-refractivity contribution in [2.75, 3.05) is 120 Å². The Morgan fingerprint density at radius 3 is 1.65 bits per heavy atom. The van der Waals surface area contributed by atoms with Crippen molar-refractivity contribution in [1.29, 1.82) is 10.5 Å². The van der Waals surface area contributed by atoms with E-state index in [4.69, 9.17) is 38.9 Å². The first-order valence-electron chi connectivity index (χ1n) is 28.3. The lowest BCUT2D eigenvalue weighted by molar-refractivity contribution is 0.197. The number of aryl methyl sites for hydroxylation is 5. The monoisotopic (exact) mass is 1230 g/mol. The van der Waals surface area contributed by atoms with E-state index in [-0.39, 0.29) is 22.8 Å². The Morgan fingerprint density at radius 1 is 0.580 bits per heavy atom. The van der Waals surface area contributed by atoms with Crippen molar-refractivity contribution >= 4 is 102 Å². The standard InChI is InChI=1S/C33H39N11O2S.C27H33N11O2S/c1-21-17-22(2)28(23(3)18-21)43(4)31-27(30(35-13-9-15-45-5)38-32(39-31)36-14-10-16-46-6)40-41-29-24(19-34)20-44(42-29)33-37-25-11-7-8-12-26(25)47-33;1-18-7-8-21(19(2)15-18)32-25-22(35-36-23-20(16-28)17-38(37-23)27-31-11-14-41-27)24(29-9-5-12-39-3)33-26(34-25)30-10-6-13-40-4/h7-8,11-12,17-18,20H,9-10,13-16H2,1-6H3,(H2,35,36,38,39);7-8,11,14-15,17H,5-6,9-10,12-13H2,1-4H3,(H3,29,30,32,33,34). The van der Waals surface area contributed by atoms with Gasteiger partial charge in [0.2, 0.25) is 33.8 Å². The molecule has 0 aliphatic heterocycles. The van der Waals surface area contributed by atoms with E-state index in [0.717, 1.165) is 69.5 Å². The predicted molar refractivity (Wildman–Crippen MR) is 346 cm³/mol. The Labute approximate surface area is 519 Å². The third-order valence-corrected chi connectivity index (χ3v) is 14.9. The SMILES string of the molecule is COCCCNc1nc(NCCCOC)c(N=Nc2nn(-c3nc4ccccc4s3)cc2C#N)c(N(C)c2c(C)cc(C)cc2C)n1.COCCCNc1nc(NCCCOC)c(N=Nc2nn(-c3nccs3)cc2C#N)c(Nc2ccc(C)cc2C)n1. The summed E-state index contributed by atoms with van der Waals surface area (Å²) in [7, 11) is 8.64. The molecule has 0 aliphatic rings. The van der Waals surface area contributed by atoms with E-state index in [0.29, 0.717) is 109 Å². The van der Waals surface area contributed by atoms with Crippen molar-refractivity contribution in [1.82, 2.24) is 49.5 Å². The van der Waals surface area contributed by atoms with Gasteiger partial charge in [-0.15, -0.1) is 42.0 Å². The van der Waals surface area contributed by atoms with Crippen LogP contribution in [0, 0.1) is 57.3 Å². The first-order chi connectivity index (χ1) is 42.8. The molecule has 458 valence electrons. The van der Waals surface area contributed by atoms with Gasteiger partial charge >= 0.3 is 0 Å². The van der Waals surface area contributed by atoms with Gasteiger partial charge < -0.3 is 50.4 Å². The summed E-state index contributed by atoms with van der Waals surface area (Å²) in [6.07, 6.45) is 7.94. The number of nitrogens with one attached hydrogen (secondary N) is 5. The first kappa shape index (κ1) is 64.6. The molecule has 0 bridgehead atoms. The highest BCUT2D eigenvalue weighted by molar-refractivity contribution is 7.20. The van der Waals surface area contributed by atoms with Gasteiger partial charge in [-0.3, -0.25) is 0 Å². The zero-order valence-corrected chi connectivity index (χ0v) is 52.7. The minimum Gasteiger partial charge on any atom is -0.385 e. The maximum Gasteiger partial charge on any atom is 0.226 e. The normalized spacial score (nSPS) is 11.2. The van der Waals surface area contributed by atoms with Crippen LogP contribution in [0.4, 0.5) is 69.6 Å². The molecule has 0 radical (unpaired) electrons. The van der Waals surface area contributed by atoms with Crippen LogP contribution in [-0.4, -0.2) is 138 Å². The number of ether oxygens (including phenoxy) is 4. The Morgan fingerprint density at radius 2 is 1.10 bits per heavy atom. The predicted octanol–water partition coefficient (Wildman–Crippen LogP) is 12.8. The number of aromatic nitrogens is 10. The number of benzene rings is 3. The molecular formula is C60H72N22O4S2. The molecule has 26 nitrogen and oxygen atoms in total. The van der Waals surface area contributed by atoms with Gasteiger partial charge in [-0.25, -0.2) is 19.3 Å². The third-order valence-electron chi connectivity index (χ3n) is 13.1. The van der Waals surface area contributed by atoms with Crippen LogP contribution >= 0.6 is 22.7 Å². The number of rotatable bonds is 30. The number of nitriles is 2. The largest absolute Gasteiger partial charge is 0.385 e. The van der Waals surface area contributed by atoms with Crippen LogP contribution < -0.4 is 31.5 Å². The summed E-state index contributed by atoms with van der Waals surface area (Å²) in [5.74, 6) is 3.12. The molecule has 88 heavy (non-hydrogen) atoms. The van der Waals surface area contributed by atoms with Crippen molar-refractivity contribution < 1.29 is 18.9 Å². The van der Waals surface area contributed by atoms with Gasteiger partial charge in [-0.1, -0.05) is 58.9 Å². The second kappa shape index (κ2) is 32.4. The molecule has 6 heterocycles. The highest BCUT2D eigenvalue weighted by atomic mass is 32.1. The van der Waals surface area contributed by atoms with Crippen molar-refractivity contribution in [3.63, 3.8) is 0 Å². The summed E-state index contributed by atoms with van der Waals surface area (Å²) < 4.78 is 24.9. The van der Waals surface area contributed by atoms with Crippen LogP contribution in [0.2, 0.25) is 0 Å². The number of methoxy groups -OCH3 is 4. The Hall–Kier alpha value is -9.42. The first-order valence-corrected chi connectivity index (χ1v) is 30.0. The molecule has 3 aromatic carbocycles. The van der Waals surface area contributed by atoms with E-state index in [1.54, 1.807) is 51.7 Å². The number of para-hydroxylation sites is 1. The molecule has 0 spiro atoms. The molecule has 0 aliphatic carbocycles. The second-order valence-corrected chi connectivity index (χ2v) is 21.9. The van der Waals surface area contributed by atoms with Gasteiger partial charge in [0.1, 0.15) is 23.3 Å². The molecule has 9 rings (SSSR count). The number of nitrogens with zero attached hydrogens (tertiary/aromatic N) is 17. The van der Waals surface area contributed by atoms with Crippen LogP contribution in [0.5, 0.6) is 0 Å². The smallest absolute Gasteiger partial charge is 0.226 e. The lowest BCUT2D eigenvalue weighted by Gasteiger charge is -2.25. The average Bonchev–Trinajstić information content (AvgIpc) is 3.03. The molecule has 0 fully saturated rings. The van der Waals surface area contributed by atoms with Crippen molar-refractivity contribution in [3.05, 3.63) is 118 Å². The number of hydrogen-bond acceptors (Lipinski definition) is 26. The maximum atomic E-state index is 9.97. The van der Waals surface area contributed by atoms with E-state index < -0.39 is 0 Å². The molecule has 0 atom stereocenters. The molecule has 0 saturated heterocycles. The van der Waals surface area contributed by atoms with Crippen LogP contribution in [0.1, 0.15) is 64.6 Å². The van der Waals surface area contributed by atoms with Gasteiger partial charge in [-0.2, -0.15) is 30.5 Å². The molecule has 0 unspecified atom stereocenters. The maximum absolute atomic E-state index is 9.97. The molecule has 0 saturated carbocycles. The highest BCUT2D eigenvalue weighted by Crippen LogP contribution is 2.42. The number of hydrogen-bond donors (Lipinski definition) is 5. The zero-order chi connectivity index (χ0) is 62.4. The Bertz CT molecular complexity index is 3850. The van der Waals surface area contributed by atoms with E-state index in [2.05, 4.69) is 118 Å². The van der Waals surface area contributed by atoms with Gasteiger partial charge in [-0.05, 0) is 95.2 Å². The minimum absolute atomic E-state index is 0.160. The van der Waals surface area contributed by atoms with Gasteiger partial charge in [0, 0.05) is 111 Å². The molecule has 28 heteroatoms. The average molecular weight is 1230 g/mol.